The van der Waals surface area contributed by atoms with Crippen LogP contribution in [0.3, 0.4) is 0 Å². The number of carboxylic acids is 2. The van der Waals surface area contributed by atoms with Crippen molar-refractivity contribution < 1.29 is 50.9 Å². The van der Waals surface area contributed by atoms with Crippen molar-refractivity contribution in [2.24, 2.45) is 0 Å². The molecule has 1 fully saturated rings. The number of fused-ring (bicyclic) bond motifs is 3. The highest BCUT2D eigenvalue weighted by Crippen LogP contribution is 2.35. The molecule has 2 unspecified atom stereocenters. The highest BCUT2D eigenvalue weighted by Gasteiger charge is 2.45. The molecule has 226 valence electrons. The fourth-order valence-corrected chi connectivity index (χ4v) is 4.64. The Hall–Kier alpha value is -4.40. The summed E-state index contributed by atoms with van der Waals surface area (Å²) in [7, 11) is 0. The molecule has 5 rings (SSSR count). The molecule has 2 aliphatic heterocycles. The smallest absolute Gasteiger partial charge is 0.475 e. The number of aromatic nitrogens is 2. The van der Waals surface area contributed by atoms with E-state index in [0.29, 0.717) is 6.54 Å². The molecule has 0 radical (unpaired) electrons. The standard InChI is InChI=1S/C23H24N4O.2C2HF3O2/c1-17-6-4-7-18(12-17)13-25-15-21-22(16-25)27(14-19-8-2-3-10-24-19)23(28)20-9-5-11-26(20)21;2*3-2(4,5)1(6)7/h2-12,21-22H,13-16H2,1H3;2*(H,6,7). The van der Waals surface area contributed by atoms with Gasteiger partial charge in [-0.3, -0.25) is 14.7 Å². The predicted molar refractivity (Wildman–Crippen MR) is 135 cm³/mol. The maximum Gasteiger partial charge on any atom is 0.490 e. The second kappa shape index (κ2) is 13.1. The third-order valence-electron chi connectivity index (χ3n) is 6.38. The van der Waals surface area contributed by atoms with Gasteiger partial charge in [0.25, 0.3) is 5.91 Å². The van der Waals surface area contributed by atoms with Crippen molar-refractivity contribution in [3.05, 3.63) is 89.5 Å². The van der Waals surface area contributed by atoms with E-state index in [1.54, 1.807) is 6.20 Å². The molecule has 42 heavy (non-hydrogen) atoms. The van der Waals surface area contributed by atoms with Crippen LogP contribution < -0.4 is 0 Å². The zero-order chi connectivity index (χ0) is 31.2. The van der Waals surface area contributed by atoms with Gasteiger partial charge in [0.05, 0.1) is 24.3 Å². The molecule has 2 N–H and O–H groups in total. The molecule has 0 spiro atoms. The minimum atomic E-state index is -5.08. The van der Waals surface area contributed by atoms with Crippen molar-refractivity contribution in [2.75, 3.05) is 13.1 Å². The molecular formula is C27H26F6N4O5. The SMILES string of the molecule is Cc1cccc(CN2CC3C(C2)n2cccc2C(=O)N3Cc2ccccn2)c1.O=C(O)C(F)(F)F.O=C(O)C(F)(F)F. The number of benzene rings is 1. The van der Waals surface area contributed by atoms with E-state index in [1.807, 2.05) is 35.2 Å². The average molecular weight is 601 g/mol. The van der Waals surface area contributed by atoms with Crippen LogP contribution in [-0.4, -0.2) is 78.9 Å². The number of amides is 1. The topological polar surface area (TPSA) is 116 Å². The maximum atomic E-state index is 13.2. The second-order valence-electron chi connectivity index (χ2n) is 9.48. The first-order valence-corrected chi connectivity index (χ1v) is 12.3. The van der Waals surface area contributed by atoms with Gasteiger partial charge in [-0.1, -0.05) is 35.9 Å². The largest absolute Gasteiger partial charge is 0.490 e. The van der Waals surface area contributed by atoms with E-state index in [9.17, 15) is 31.1 Å². The Kier molecular flexibility index (Phi) is 9.99. The van der Waals surface area contributed by atoms with Gasteiger partial charge in [0.1, 0.15) is 5.69 Å². The molecule has 1 amide bonds. The molecule has 9 nitrogen and oxygen atoms in total. The summed E-state index contributed by atoms with van der Waals surface area (Å²) >= 11 is 0. The van der Waals surface area contributed by atoms with Crippen LogP contribution in [0.25, 0.3) is 0 Å². The molecular weight excluding hydrogens is 574 g/mol. The minimum Gasteiger partial charge on any atom is -0.475 e. The summed E-state index contributed by atoms with van der Waals surface area (Å²) in [4.78, 5) is 39.9. The van der Waals surface area contributed by atoms with Crippen LogP contribution >= 0.6 is 0 Å². The van der Waals surface area contributed by atoms with Crippen molar-refractivity contribution in [1.82, 2.24) is 19.4 Å². The van der Waals surface area contributed by atoms with Gasteiger partial charge in [0.15, 0.2) is 0 Å². The van der Waals surface area contributed by atoms with Gasteiger partial charge in [-0.25, -0.2) is 9.59 Å². The number of carbonyl (C=O) groups is 3. The van der Waals surface area contributed by atoms with Crippen LogP contribution in [-0.2, 0) is 22.7 Å². The van der Waals surface area contributed by atoms with E-state index in [1.165, 1.54) is 11.1 Å². The Morgan fingerprint density at radius 3 is 2.05 bits per heavy atom. The summed E-state index contributed by atoms with van der Waals surface area (Å²) in [6.07, 6.45) is -6.32. The van der Waals surface area contributed by atoms with Crippen LogP contribution in [0.5, 0.6) is 0 Å². The van der Waals surface area contributed by atoms with Crippen molar-refractivity contribution in [3.63, 3.8) is 0 Å². The van der Waals surface area contributed by atoms with Gasteiger partial charge in [0.2, 0.25) is 0 Å². The first kappa shape index (κ1) is 32.1. The lowest BCUT2D eigenvalue weighted by Gasteiger charge is -2.38. The third kappa shape index (κ3) is 8.31. The number of carboxylic acid groups (broad SMARTS) is 2. The molecule has 2 atom stereocenters. The molecule has 1 aromatic carbocycles. The number of halogens is 6. The molecule has 0 bridgehead atoms. The molecule has 15 heteroatoms. The number of aliphatic carboxylic acids is 2. The van der Waals surface area contributed by atoms with Crippen LogP contribution in [0.15, 0.2) is 67.0 Å². The molecule has 0 aliphatic carbocycles. The predicted octanol–water partition coefficient (Wildman–Crippen LogP) is 4.54. The lowest BCUT2D eigenvalue weighted by Crippen LogP contribution is -2.49. The Morgan fingerprint density at radius 2 is 1.50 bits per heavy atom. The Balaban J connectivity index is 0.000000289. The van der Waals surface area contributed by atoms with Crippen molar-refractivity contribution in [3.8, 4) is 0 Å². The lowest BCUT2D eigenvalue weighted by molar-refractivity contribution is -0.193. The molecule has 0 saturated carbocycles. The van der Waals surface area contributed by atoms with Gasteiger partial charge in [-0.2, -0.15) is 26.3 Å². The van der Waals surface area contributed by atoms with Crippen molar-refractivity contribution in [1.29, 1.82) is 0 Å². The molecule has 2 aliphatic rings. The number of hydrogen-bond donors (Lipinski definition) is 2. The number of carbonyl (C=O) groups excluding carboxylic acids is 1. The zero-order valence-corrected chi connectivity index (χ0v) is 22.0. The van der Waals surface area contributed by atoms with E-state index in [0.717, 1.165) is 31.0 Å². The highest BCUT2D eigenvalue weighted by atomic mass is 19.4. The number of likely N-dealkylation sites (tertiary alicyclic amines) is 1. The maximum absolute atomic E-state index is 13.2. The number of rotatable bonds is 4. The lowest BCUT2D eigenvalue weighted by atomic mass is 10.1. The first-order valence-electron chi connectivity index (χ1n) is 12.3. The fourth-order valence-electron chi connectivity index (χ4n) is 4.64. The molecule has 4 heterocycles. The number of aryl methyl sites for hydroxylation is 1. The fraction of sp³-hybridized carbons (Fsp3) is 0.333. The van der Waals surface area contributed by atoms with Crippen LogP contribution in [0.2, 0.25) is 0 Å². The van der Waals surface area contributed by atoms with E-state index in [4.69, 9.17) is 19.8 Å². The van der Waals surface area contributed by atoms with Crippen LogP contribution in [0.1, 0.15) is 33.4 Å². The van der Waals surface area contributed by atoms with Gasteiger partial charge in [-0.15, -0.1) is 0 Å². The molecule has 2 aromatic heterocycles. The van der Waals surface area contributed by atoms with Crippen LogP contribution in [0, 0.1) is 6.92 Å². The highest BCUT2D eigenvalue weighted by molar-refractivity contribution is 5.94. The summed E-state index contributed by atoms with van der Waals surface area (Å²) in [6.45, 7) is 5.44. The van der Waals surface area contributed by atoms with E-state index >= 15 is 0 Å². The summed E-state index contributed by atoms with van der Waals surface area (Å²) < 4.78 is 65.7. The molecule has 3 aromatic rings. The summed E-state index contributed by atoms with van der Waals surface area (Å²) in [5.41, 5.74) is 4.34. The van der Waals surface area contributed by atoms with Crippen molar-refractivity contribution >= 4 is 17.8 Å². The monoisotopic (exact) mass is 600 g/mol. The number of hydrogen-bond acceptors (Lipinski definition) is 5. The van der Waals surface area contributed by atoms with Gasteiger partial charge in [-0.05, 0) is 36.8 Å². The minimum absolute atomic E-state index is 0.106. The van der Waals surface area contributed by atoms with Gasteiger partial charge in [0, 0.05) is 32.0 Å². The Bertz CT molecular complexity index is 1370. The summed E-state index contributed by atoms with van der Waals surface area (Å²) in [5, 5.41) is 14.2. The van der Waals surface area contributed by atoms with E-state index < -0.39 is 24.3 Å². The summed E-state index contributed by atoms with van der Waals surface area (Å²) in [5.74, 6) is -5.41. The van der Waals surface area contributed by atoms with E-state index in [-0.39, 0.29) is 18.0 Å². The van der Waals surface area contributed by atoms with Crippen molar-refractivity contribution in [2.45, 2.75) is 44.4 Å². The molecule has 1 saturated heterocycles. The Morgan fingerprint density at radius 1 is 0.881 bits per heavy atom. The van der Waals surface area contributed by atoms with Gasteiger partial charge >= 0.3 is 24.3 Å². The number of alkyl halides is 6. The summed E-state index contributed by atoms with van der Waals surface area (Å²) in [6, 6.07) is 19.0. The number of nitrogens with zero attached hydrogens (tertiary/aromatic N) is 4. The van der Waals surface area contributed by atoms with E-state index in [2.05, 4.69) is 51.8 Å². The zero-order valence-electron chi connectivity index (χ0n) is 22.0. The average Bonchev–Trinajstić information content (AvgIpc) is 3.54. The quantitative estimate of drug-likeness (QED) is 0.423. The van der Waals surface area contributed by atoms with Gasteiger partial charge < -0.3 is 19.7 Å². The third-order valence-corrected chi connectivity index (χ3v) is 6.38. The Labute approximate surface area is 235 Å². The van der Waals surface area contributed by atoms with Crippen LogP contribution in [0.4, 0.5) is 26.3 Å². The number of pyridine rings is 1. The normalized spacial score (nSPS) is 18.2. The second-order valence-corrected chi connectivity index (χ2v) is 9.48. The first-order chi connectivity index (χ1) is 19.6.